The monoisotopic (exact) mass is 210 g/mol. The molecule has 0 aromatic heterocycles. The Bertz CT molecular complexity index is 338. The molecule has 1 heterocycles. The molecule has 0 unspecified atom stereocenters. The van der Waals surface area contributed by atoms with Crippen molar-refractivity contribution in [3.63, 3.8) is 0 Å². The summed E-state index contributed by atoms with van der Waals surface area (Å²) in [6.07, 6.45) is 2.94. The first-order chi connectivity index (χ1) is 7.29. The zero-order valence-corrected chi connectivity index (χ0v) is 8.83. The van der Waals surface area contributed by atoms with Crippen LogP contribution in [0, 0.1) is 5.82 Å². The van der Waals surface area contributed by atoms with Crippen LogP contribution < -0.4 is 4.74 Å². The van der Waals surface area contributed by atoms with Crippen molar-refractivity contribution >= 4 is 0 Å². The number of aryl methyl sites for hydroxylation is 1. The molecule has 3 heteroatoms. The highest BCUT2D eigenvalue weighted by Gasteiger charge is 2.19. The molecule has 0 bridgehead atoms. The summed E-state index contributed by atoms with van der Waals surface area (Å²) in [4.78, 5) is 0. The van der Waals surface area contributed by atoms with Gasteiger partial charge in [-0.2, -0.15) is 0 Å². The number of hydrogen-bond acceptors (Lipinski definition) is 2. The Kier molecular flexibility index (Phi) is 3.21. The van der Waals surface area contributed by atoms with Crippen LogP contribution in [-0.2, 0) is 11.2 Å². The molecule has 1 aromatic rings. The Balaban J connectivity index is 2.03. The SMILES string of the molecule is COCC[C@H]1CCc2cc(F)ccc2O1. The Morgan fingerprint density at radius 2 is 2.40 bits per heavy atom. The highest BCUT2D eigenvalue weighted by atomic mass is 19.1. The maximum atomic E-state index is 12.9. The fraction of sp³-hybridized carbons (Fsp3) is 0.500. The molecule has 82 valence electrons. The lowest BCUT2D eigenvalue weighted by molar-refractivity contribution is 0.111. The van der Waals surface area contributed by atoms with Gasteiger partial charge in [0.05, 0.1) is 0 Å². The zero-order chi connectivity index (χ0) is 10.7. The number of hydrogen-bond donors (Lipinski definition) is 0. The Morgan fingerprint density at radius 1 is 1.53 bits per heavy atom. The third-order valence-corrected chi connectivity index (χ3v) is 2.70. The Morgan fingerprint density at radius 3 is 3.20 bits per heavy atom. The van der Waals surface area contributed by atoms with Gasteiger partial charge >= 0.3 is 0 Å². The van der Waals surface area contributed by atoms with Crippen molar-refractivity contribution in [2.45, 2.75) is 25.4 Å². The van der Waals surface area contributed by atoms with Crippen LogP contribution in [0.1, 0.15) is 18.4 Å². The number of fused-ring (bicyclic) bond motifs is 1. The molecule has 1 atom stereocenters. The van der Waals surface area contributed by atoms with E-state index in [-0.39, 0.29) is 11.9 Å². The summed E-state index contributed by atoms with van der Waals surface area (Å²) in [7, 11) is 1.69. The van der Waals surface area contributed by atoms with Gasteiger partial charge in [0.15, 0.2) is 0 Å². The highest BCUT2D eigenvalue weighted by molar-refractivity contribution is 5.35. The molecule has 0 radical (unpaired) electrons. The molecule has 0 saturated carbocycles. The molecular formula is C12H15FO2. The van der Waals surface area contributed by atoms with Crippen molar-refractivity contribution in [1.29, 1.82) is 0 Å². The van der Waals surface area contributed by atoms with Gasteiger partial charge in [0.25, 0.3) is 0 Å². The standard InChI is InChI=1S/C12H15FO2/c1-14-7-6-11-4-2-9-8-10(13)3-5-12(9)15-11/h3,5,8,11H,2,4,6-7H2,1H3/t11-/m1/s1. The van der Waals surface area contributed by atoms with Crippen molar-refractivity contribution in [3.05, 3.63) is 29.6 Å². The minimum Gasteiger partial charge on any atom is -0.490 e. The summed E-state index contributed by atoms with van der Waals surface area (Å²) in [5, 5.41) is 0. The smallest absolute Gasteiger partial charge is 0.123 e. The summed E-state index contributed by atoms with van der Waals surface area (Å²) in [5.41, 5.74) is 0.976. The van der Waals surface area contributed by atoms with Gasteiger partial charge in [0.2, 0.25) is 0 Å². The molecule has 0 N–H and O–H groups in total. The van der Waals surface area contributed by atoms with Crippen LogP contribution in [0.2, 0.25) is 0 Å². The normalized spacial score (nSPS) is 19.5. The van der Waals surface area contributed by atoms with Gasteiger partial charge in [-0.1, -0.05) is 0 Å². The van der Waals surface area contributed by atoms with E-state index >= 15 is 0 Å². The van der Waals surface area contributed by atoms with E-state index in [1.165, 1.54) is 6.07 Å². The first-order valence-corrected chi connectivity index (χ1v) is 5.23. The lowest BCUT2D eigenvalue weighted by Crippen LogP contribution is -2.24. The van der Waals surface area contributed by atoms with Crippen LogP contribution in [0.4, 0.5) is 4.39 Å². The van der Waals surface area contributed by atoms with E-state index in [1.54, 1.807) is 19.2 Å². The van der Waals surface area contributed by atoms with Crippen molar-refractivity contribution in [3.8, 4) is 5.75 Å². The second-order valence-corrected chi connectivity index (χ2v) is 3.81. The van der Waals surface area contributed by atoms with E-state index < -0.39 is 0 Å². The van der Waals surface area contributed by atoms with E-state index in [4.69, 9.17) is 9.47 Å². The third kappa shape index (κ3) is 2.48. The van der Waals surface area contributed by atoms with E-state index in [0.29, 0.717) is 6.61 Å². The average molecular weight is 210 g/mol. The predicted molar refractivity (Wildman–Crippen MR) is 55.6 cm³/mol. The quantitative estimate of drug-likeness (QED) is 0.763. The molecular weight excluding hydrogens is 195 g/mol. The second-order valence-electron chi connectivity index (χ2n) is 3.81. The number of halogens is 1. The number of rotatable bonds is 3. The average Bonchev–Trinajstić information content (AvgIpc) is 2.26. The van der Waals surface area contributed by atoms with Crippen LogP contribution >= 0.6 is 0 Å². The molecule has 0 aliphatic carbocycles. The number of benzene rings is 1. The minimum atomic E-state index is -0.187. The second kappa shape index (κ2) is 4.62. The molecule has 0 spiro atoms. The van der Waals surface area contributed by atoms with E-state index in [2.05, 4.69) is 0 Å². The van der Waals surface area contributed by atoms with Gasteiger partial charge in [-0.25, -0.2) is 4.39 Å². The van der Waals surface area contributed by atoms with E-state index in [1.807, 2.05) is 0 Å². The van der Waals surface area contributed by atoms with E-state index in [0.717, 1.165) is 30.6 Å². The van der Waals surface area contributed by atoms with Crippen molar-refractivity contribution in [1.82, 2.24) is 0 Å². The number of methoxy groups -OCH3 is 1. The summed E-state index contributed by atoms with van der Waals surface area (Å²) in [5.74, 6) is 0.636. The molecule has 2 nitrogen and oxygen atoms in total. The van der Waals surface area contributed by atoms with Gasteiger partial charge in [0, 0.05) is 20.1 Å². The van der Waals surface area contributed by atoms with Gasteiger partial charge in [0.1, 0.15) is 17.7 Å². The van der Waals surface area contributed by atoms with Gasteiger partial charge in [-0.3, -0.25) is 0 Å². The fourth-order valence-corrected chi connectivity index (χ4v) is 1.87. The van der Waals surface area contributed by atoms with Crippen LogP contribution in [0.3, 0.4) is 0 Å². The van der Waals surface area contributed by atoms with Crippen molar-refractivity contribution in [2.24, 2.45) is 0 Å². The topological polar surface area (TPSA) is 18.5 Å². The lowest BCUT2D eigenvalue weighted by Gasteiger charge is -2.25. The molecule has 2 rings (SSSR count). The molecule has 0 fully saturated rings. The van der Waals surface area contributed by atoms with E-state index in [9.17, 15) is 4.39 Å². The minimum absolute atomic E-state index is 0.187. The van der Waals surface area contributed by atoms with Crippen LogP contribution in [0.5, 0.6) is 5.75 Å². The molecule has 15 heavy (non-hydrogen) atoms. The third-order valence-electron chi connectivity index (χ3n) is 2.70. The molecule has 1 aromatic carbocycles. The summed E-state index contributed by atoms with van der Waals surface area (Å²) in [6, 6.07) is 4.71. The maximum absolute atomic E-state index is 12.9. The van der Waals surface area contributed by atoms with Crippen LogP contribution in [0.25, 0.3) is 0 Å². The lowest BCUT2D eigenvalue weighted by atomic mass is 10.0. The molecule has 0 saturated heterocycles. The summed E-state index contributed by atoms with van der Waals surface area (Å²) >= 11 is 0. The van der Waals surface area contributed by atoms with Gasteiger partial charge in [-0.15, -0.1) is 0 Å². The largest absolute Gasteiger partial charge is 0.490 e. The molecule has 0 amide bonds. The Hall–Kier alpha value is -1.09. The number of ether oxygens (including phenoxy) is 2. The maximum Gasteiger partial charge on any atom is 0.123 e. The highest BCUT2D eigenvalue weighted by Crippen LogP contribution is 2.29. The summed E-state index contributed by atoms with van der Waals surface area (Å²) in [6.45, 7) is 0.710. The van der Waals surface area contributed by atoms with Crippen molar-refractivity contribution in [2.75, 3.05) is 13.7 Å². The van der Waals surface area contributed by atoms with Gasteiger partial charge in [-0.05, 0) is 36.6 Å². The fourth-order valence-electron chi connectivity index (χ4n) is 1.87. The Labute approximate surface area is 89.0 Å². The predicted octanol–water partition coefficient (Wildman–Crippen LogP) is 2.56. The van der Waals surface area contributed by atoms with Crippen LogP contribution in [0.15, 0.2) is 18.2 Å². The van der Waals surface area contributed by atoms with Crippen molar-refractivity contribution < 1.29 is 13.9 Å². The molecule has 1 aliphatic heterocycles. The van der Waals surface area contributed by atoms with Gasteiger partial charge < -0.3 is 9.47 Å². The first kappa shape index (κ1) is 10.4. The first-order valence-electron chi connectivity index (χ1n) is 5.23. The molecule has 1 aliphatic rings. The van der Waals surface area contributed by atoms with Crippen LogP contribution in [-0.4, -0.2) is 19.8 Å². The summed E-state index contributed by atoms with van der Waals surface area (Å²) < 4.78 is 23.7. The zero-order valence-electron chi connectivity index (χ0n) is 8.83.